The second kappa shape index (κ2) is 12.9. The van der Waals surface area contributed by atoms with Crippen LogP contribution in [0.15, 0.2) is 82.6 Å². The van der Waals surface area contributed by atoms with Gasteiger partial charge in [0.25, 0.3) is 5.91 Å². The van der Waals surface area contributed by atoms with Crippen LogP contribution >= 0.6 is 11.8 Å². The van der Waals surface area contributed by atoms with Gasteiger partial charge in [0.2, 0.25) is 11.8 Å². The average Bonchev–Trinajstić information content (AvgIpc) is 3.37. The average molecular weight is 563 g/mol. The fourth-order valence-corrected chi connectivity index (χ4v) is 5.36. The molecule has 10 nitrogen and oxygen atoms in total. The lowest BCUT2D eigenvalue weighted by atomic mass is 10.0. The summed E-state index contributed by atoms with van der Waals surface area (Å²) in [5.74, 6) is -0.927. The molecule has 0 bridgehead atoms. The van der Waals surface area contributed by atoms with E-state index in [2.05, 4.69) is 21.3 Å². The molecule has 40 heavy (non-hydrogen) atoms. The minimum Gasteiger partial charge on any atom is -0.484 e. The van der Waals surface area contributed by atoms with Crippen molar-refractivity contribution < 1.29 is 29.0 Å². The maximum Gasteiger partial charge on any atom is 0.258 e. The van der Waals surface area contributed by atoms with Gasteiger partial charge in [-0.1, -0.05) is 54.2 Å². The van der Waals surface area contributed by atoms with Gasteiger partial charge in [0.1, 0.15) is 11.8 Å². The number of nitrogens with one attached hydrogen (secondary N) is 4. The molecule has 11 heteroatoms. The molecular weight excluding hydrogens is 532 g/mol. The zero-order chi connectivity index (χ0) is 27.9. The lowest BCUT2D eigenvalue weighted by Gasteiger charge is -2.22. The first kappa shape index (κ1) is 27.5. The third kappa shape index (κ3) is 7.12. The van der Waals surface area contributed by atoms with Gasteiger partial charge in [-0.05, 0) is 36.2 Å². The number of hydrogen-bond acceptors (Lipinski definition) is 8. The second-order valence-corrected chi connectivity index (χ2v) is 10.5. The Morgan fingerprint density at radius 3 is 2.58 bits per heavy atom. The van der Waals surface area contributed by atoms with E-state index in [9.17, 15) is 19.5 Å². The molecule has 5 rings (SSSR count). The van der Waals surface area contributed by atoms with Crippen molar-refractivity contribution in [3.8, 4) is 5.75 Å². The van der Waals surface area contributed by atoms with Gasteiger partial charge in [0.05, 0.1) is 30.6 Å². The van der Waals surface area contributed by atoms with E-state index in [1.165, 1.54) is 0 Å². The third-order valence-corrected chi connectivity index (χ3v) is 7.62. The molecule has 0 aromatic heterocycles. The summed E-state index contributed by atoms with van der Waals surface area (Å²) in [6.07, 6.45) is -0.368. The molecule has 3 amide bonds. The summed E-state index contributed by atoms with van der Waals surface area (Å²) >= 11 is 1.65. The Bertz CT molecular complexity index is 1370. The summed E-state index contributed by atoms with van der Waals surface area (Å²) in [4.78, 5) is 40.2. The highest BCUT2D eigenvalue weighted by Crippen LogP contribution is 2.44. The van der Waals surface area contributed by atoms with E-state index in [1.807, 2.05) is 66.7 Å². The largest absolute Gasteiger partial charge is 0.484 e. The third-order valence-electron chi connectivity index (χ3n) is 6.47. The molecule has 2 heterocycles. The Balaban J connectivity index is 1.11. The molecule has 0 aliphatic carbocycles. The van der Waals surface area contributed by atoms with Gasteiger partial charge in [0, 0.05) is 22.3 Å². The SMILES string of the molecule is O=C(COc1ccc2c(c1)Nc1ccccc1S2)NCC(=O)N[C@@H](Cc1ccccc1)C(=O)N[C@H]1CCOC1O. The van der Waals surface area contributed by atoms with Crippen LogP contribution in [0.5, 0.6) is 5.75 Å². The Morgan fingerprint density at radius 1 is 1.00 bits per heavy atom. The number of anilines is 2. The van der Waals surface area contributed by atoms with Crippen molar-refractivity contribution in [3.63, 3.8) is 0 Å². The molecule has 0 radical (unpaired) electrons. The number of carbonyl (C=O) groups excluding carboxylic acids is 3. The highest BCUT2D eigenvalue weighted by molar-refractivity contribution is 7.99. The van der Waals surface area contributed by atoms with E-state index in [1.54, 1.807) is 17.8 Å². The summed E-state index contributed by atoms with van der Waals surface area (Å²) in [5, 5.41) is 21.2. The van der Waals surface area contributed by atoms with Crippen LogP contribution in [0.1, 0.15) is 12.0 Å². The number of aliphatic hydroxyl groups is 1. The summed E-state index contributed by atoms with van der Waals surface area (Å²) < 4.78 is 10.7. The van der Waals surface area contributed by atoms with Gasteiger partial charge in [-0.2, -0.15) is 0 Å². The van der Waals surface area contributed by atoms with Crippen LogP contribution in [0.3, 0.4) is 0 Å². The predicted molar refractivity (Wildman–Crippen MR) is 149 cm³/mol. The molecule has 3 aromatic carbocycles. The number of benzene rings is 3. The highest BCUT2D eigenvalue weighted by atomic mass is 32.2. The van der Waals surface area contributed by atoms with Crippen molar-refractivity contribution in [2.75, 3.05) is 25.1 Å². The number of para-hydroxylation sites is 1. The number of amides is 3. The lowest BCUT2D eigenvalue weighted by molar-refractivity contribution is -0.132. The minimum absolute atomic E-state index is 0.244. The normalized spacial score (nSPS) is 17.9. The first-order valence-corrected chi connectivity index (χ1v) is 13.8. The van der Waals surface area contributed by atoms with Crippen LogP contribution in [0.2, 0.25) is 0 Å². The number of carbonyl (C=O) groups is 3. The standard InChI is InChI=1S/C29H30N4O6S/c34-26(32-23(14-18-6-2-1-3-7-18)28(36)33-21-12-13-38-29(21)37)16-30-27(35)17-39-19-10-11-25-22(15-19)31-20-8-4-5-9-24(20)40-25/h1-11,15,21,23,29,31,37H,12-14,16-17H2,(H,30,35)(H,32,34)(H,33,36)/t21-,23-,29?/m0/s1. The monoisotopic (exact) mass is 562 g/mol. The Kier molecular flexibility index (Phi) is 8.84. The molecule has 0 saturated carbocycles. The fourth-order valence-electron chi connectivity index (χ4n) is 4.39. The lowest BCUT2D eigenvalue weighted by Crippen LogP contribution is -2.53. The van der Waals surface area contributed by atoms with E-state index in [4.69, 9.17) is 9.47 Å². The Hall–Kier alpha value is -4.06. The number of aliphatic hydroxyl groups excluding tert-OH is 1. The van der Waals surface area contributed by atoms with Crippen molar-refractivity contribution >= 4 is 40.9 Å². The van der Waals surface area contributed by atoms with E-state index in [0.29, 0.717) is 18.8 Å². The Morgan fingerprint density at radius 2 is 1.77 bits per heavy atom. The van der Waals surface area contributed by atoms with Crippen molar-refractivity contribution in [2.24, 2.45) is 0 Å². The van der Waals surface area contributed by atoms with Gasteiger partial charge in [-0.15, -0.1) is 0 Å². The number of hydrogen-bond donors (Lipinski definition) is 5. The molecule has 2 aliphatic heterocycles. The molecule has 1 saturated heterocycles. The molecule has 1 unspecified atom stereocenters. The van der Waals surface area contributed by atoms with Gasteiger partial charge in [-0.25, -0.2) is 0 Å². The summed E-state index contributed by atoms with van der Waals surface area (Å²) in [5.41, 5.74) is 2.75. The molecule has 3 atom stereocenters. The quantitative estimate of drug-likeness (QED) is 0.199. The molecule has 208 valence electrons. The van der Waals surface area contributed by atoms with Gasteiger partial charge in [-0.3, -0.25) is 14.4 Å². The van der Waals surface area contributed by atoms with Gasteiger partial charge < -0.3 is 35.8 Å². The minimum atomic E-state index is -1.09. The summed E-state index contributed by atoms with van der Waals surface area (Å²) in [7, 11) is 0. The second-order valence-electron chi connectivity index (χ2n) is 9.42. The van der Waals surface area contributed by atoms with Crippen LogP contribution in [-0.4, -0.2) is 61.0 Å². The number of rotatable bonds is 10. The zero-order valence-electron chi connectivity index (χ0n) is 21.6. The first-order valence-electron chi connectivity index (χ1n) is 13.0. The molecular formula is C29H30N4O6S. The van der Waals surface area contributed by atoms with Crippen LogP contribution in [0, 0.1) is 0 Å². The van der Waals surface area contributed by atoms with Gasteiger partial charge >= 0.3 is 0 Å². The molecule has 0 spiro atoms. The van der Waals surface area contributed by atoms with E-state index in [0.717, 1.165) is 26.7 Å². The highest BCUT2D eigenvalue weighted by Gasteiger charge is 2.31. The molecule has 5 N–H and O–H groups in total. The number of fused-ring (bicyclic) bond motifs is 2. The van der Waals surface area contributed by atoms with E-state index < -0.39 is 36.1 Å². The Labute approximate surface area is 235 Å². The van der Waals surface area contributed by atoms with Crippen molar-refractivity contribution in [3.05, 3.63) is 78.4 Å². The maximum atomic E-state index is 12.9. The number of ether oxygens (including phenoxy) is 2. The molecule has 3 aromatic rings. The van der Waals surface area contributed by atoms with Crippen molar-refractivity contribution in [1.29, 1.82) is 0 Å². The van der Waals surface area contributed by atoms with Crippen molar-refractivity contribution in [1.82, 2.24) is 16.0 Å². The van der Waals surface area contributed by atoms with Crippen LogP contribution in [0.4, 0.5) is 11.4 Å². The van der Waals surface area contributed by atoms with Crippen molar-refractivity contribution in [2.45, 2.75) is 41.0 Å². The zero-order valence-corrected chi connectivity index (χ0v) is 22.4. The van der Waals surface area contributed by atoms with Crippen LogP contribution in [0.25, 0.3) is 0 Å². The van der Waals surface area contributed by atoms with Crippen LogP contribution in [-0.2, 0) is 25.5 Å². The summed E-state index contributed by atoms with van der Waals surface area (Å²) in [6.45, 7) is -0.261. The molecule has 2 aliphatic rings. The first-order chi connectivity index (χ1) is 19.4. The van der Waals surface area contributed by atoms with Crippen LogP contribution < -0.4 is 26.0 Å². The van der Waals surface area contributed by atoms with E-state index >= 15 is 0 Å². The molecule has 1 fully saturated rings. The smallest absolute Gasteiger partial charge is 0.258 e. The summed E-state index contributed by atoms with van der Waals surface area (Å²) in [6, 6.07) is 21.4. The van der Waals surface area contributed by atoms with E-state index in [-0.39, 0.29) is 19.6 Å². The predicted octanol–water partition coefficient (Wildman–Crippen LogP) is 2.34. The maximum absolute atomic E-state index is 12.9. The van der Waals surface area contributed by atoms with Gasteiger partial charge in [0.15, 0.2) is 12.9 Å². The fraction of sp³-hybridized carbons (Fsp3) is 0.276. The topological polar surface area (TPSA) is 138 Å².